The van der Waals surface area contributed by atoms with E-state index in [4.69, 9.17) is 0 Å². The van der Waals surface area contributed by atoms with Crippen LogP contribution in [-0.4, -0.2) is 29.2 Å². The summed E-state index contributed by atoms with van der Waals surface area (Å²) >= 11 is 0. The monoisotopic (exact) mass is 313 g/mol. The van der Waals surface area contributed by atoms with E-state index in [2.05, 4.69) is 13.8 Å². The van der Waals surface area contributed by atoms with Crippen molar-refractivity contribution < 1.29 is 9.90 Å². The normalized spacial score (nSPS) is 10.8. The van der Waals surface area contributed by atoms with Gasteiger partial charge in [0.2, 0.25) is 0 Å². The van der Waals surface area contributed by atoms with Crippen LogP contribution in [-0.2, 0) is 0 Å². The largest absolute Gasteiger partial charge is 0.465 e. The van der Waals surface area contributed by atoms with Gasteiger partial charge in [0.15, 0.2) is 0 Å². The Morgan fingerprint density at radius 2 is 0.955 bits per heavy atom. The average Bonchev–Trinajstić information content (AvgIpc) is 2.50. The van der Waals surface area contributed by atoms with Gasteiger partial charge >= 0.3 is 6.09 Å². The molecule has 0 saturated carbocycles. The lowest BCUT2D eigenvalue weighted by Crippen LogP contribution is -2.31. The number of amides is 1. The molecule has 22 heavy (non-hydrogen) atoms. The van der Waals surface area contributed by atoms with E-state index in [1.165, 1.54) is 77.0 Å². The minimum atomic E-state index is -0.739. The number of hydrogen-bond donors (Lipinski definition) is 1. The zero-order chi connectivity index (χ0) is 16.5. The van der Waals surface area contributed by atoms with Crippen LogP contribution in [0.1, 0.15) is 104 Å². The predicted molar refractivity (Wildman–Crippen MR) is 95.6 cm³/mol. The van der Waals surface area contributed by atoms with E-state index in [0.29, 0.717) is 0 Å². The van der Waals surface area contributed by atoms with Gasteiger partial charge in [-0.15, -0.1) is 0 Å². The molecule has 0 aliphatic heterocycles. The van der Waals surface area contributed by atoms with Crippen LogP contribution in [0, 0.1) is 0 Å². The molecular weight excluding hydrogens is 274 g/mol. The van der Waals surface area contributed by atoms with Crippen LogP contribution < -0.4 is 0 Å². The Morgan fingerprint density at radius 3 is 1.27 bits per heavy atom. The Kier molecular flexibility index (Phi) is 16.1. The Balaban J connectivity index is 3.51. The molecule has 0 spiro atoms. The Labute approximate surface area is 138 Å². The van der Waals surface area contributed by atoms with Crippen molar-refractivity contribution in [3.8, 4) is 0 Å². The van der Waals surface area contributed by atoms with Crippen LogP contribution in [0.4, 0.5) is 4.79 Å². The van der Waals surface area contributed by atoms with Gasteiger partial charge in [-0.1, -0.05) is 90.9 Å². The molecule has 0 unspecified atom stereocenters. The fourth-order valence-corrected chi connectivity index (χ4v) is 2.82. The Bertz CT molecular complexity index is 226. The van der Waals surface area contributed by atoms with Gasteiger partial charge in [0, 0.05) is 13.1 Å². The summed E-state index contributed by atoms with van der Waals surface area (Å²) in [5.74, 6) is 0. The zero-order valence-corrected chi connectivity index (χ0v) is 15.1. The number of rotatable bonds is 16. The average molecular weight is 314 g/mol. The summed E-state index contributed by atoms with van der Waals surface area (Å²) in [5, 5.41) is 9.24. The van der Waals surface area contributed by atoms with Gasteiger partial charge in [-0.25, -0.2) is 4.79 Å². The number of nitrogens with zero attached hydrogens (tertiary/aromatic N) is 1. The Hall–Kier alpha value is -0.730. The molecular formula is C19H39NO2. The molecule has 0 atom stereocenters. The minimum absolute atomic E-state index is 0.721. The third-order valence-electron chi connectivity index (χ3n) is 4.33. The molecule has 0 radical (unpaired) electrons. The second-order valence-electron chi connectivity index (χ2n) is 6.51. The topological polar surface area (TPSA) is 40.5 Å². The summed E-state index contributed by atoms with van der Waals surface area (Å²) in [6.45, 7) is 5.90. The molecule has 1 amide bonds. The van der Waals surface area contributed by atoms with Crippen molar-refractivity contribution in [2.75, 3.05) is 13.1 Å². The maximum Gasteiger partial charge on any atom is 0.407 e. The van der Waals surface area contributed by atoms with Crippen LogP contribution in [0.25, 0.3) is 0 Å². The lowest BCUT2D eigenvalue weighted by molar-refractivity contribution is 0.143. The highest BCUT2D eigenvalue weighted by Gasteiger charge is 2.10. The van der Waals surface area contributed by atoms with Crippen molar-refractivity contribution >= 4 is 6.09 Å². The molecule has 0 aliphatic rings. The summed E-state index contributed by atoms with van der Waals surface area (Å²) in [4.78, 5) is 12.9. The smallest absolute Gasteiger partial charge is 0.407 e. The third kappa shape index (κ3) is 14.2. The molecule has 0 heterocycles. The first kappa shape index (κ1) is 21.3. The fraction of sp³-hybridized carbons (Fsp3) is 0.947. The van der Waals surface area contributed by atoms with Gasteiger partial charge in [0.25, 0.3) is 0 Å². The highest BCUT2D eigenvalue weighted by molar-refractivity contribution is 5.64. The van der Waals surface area contributed by atoms with Crippen molar-refractivity contribution in [1.82, 2.24) is 4.90 Å². The first-order chi connectivity index (χ1) is 10.7. The lowest BCUT2D eigenvalue weighted by atomic mass is 10.1. The van der Waals surface area contributed by atoms with Crippen LogP contribution >= 0.6 is 0 Å². The van der Waals surface area contributed by atoms with Gasteiger partial charge in [-0.2, -0.15) is 0 Å². The molecule has 1 N–H and O–H groups in total. The summed E-state index contributed by atoms with van der Waals surface area (Å²) in [6.07, 6.45) is 16.7. The van der Waals surface area contributed by atoms with Crippen molar-refractivity contribution in [1.29, 1.82) is 0 Å². The molecule has 0 aromatic carbocycles. The molecule has 0 saturated heterocycles. The van der Waals surface area contributed by atoms with Crippen LogP contribution in [0.3, 0.4) is 0 Å². The second-order valence-corrected chi connectivity index (χ2v) is 6.51. The quantitative estimate of drug-likeness (QED) is 0.332. The standard InChI is InChI=1S/C19H39NO2/c1-3-5-7-9-11-13-15-17-20(19(21)22)18-16-14-12-10-8-6-4-2/h3-18H2,1-2H3,(H,21,22). The van der Waals surface area contributed by atoms with Gasteiger partial charge in [-0.05, 0) is 12.8 Å². The van der Waals surface area contributed by atoms with Gasteiger partial charge in [0.1, 0.15) is 0 Å². The number of carbonyl (C=O) groups is 1. The molecule has 3 nitrogen and oxygen atoms in total. The minimum Gasteiger partial charge on any atom is -0.465 e. The van der Waals surface area contributed by atoms with Crippen LogP contribution in [0.5, 0.6) is 0 Å². The van der Waals surface area contributed by atoms with Crippen LogP contribution in [0.15, 0.2) is 0 Å². The predicted octanol–water partition coefficient (Wildman–Crippen LogP) is 6.47. The molecule has 132 valence electrons. The second kappa shape index (κ2) is 16.6. The van der Waals surface area contributed by atoms with E-state index in [1.54, 1.807) is 4.90 Å². The van der Waals surface area contributed by atoms with Crippen molar-refractivity contribution in [3.63, 3.8) is 0 Å². The first-order valence-electron chi connectivity index (χ1n) is 9.70. The van der Waals surface area contributed by atoms with Crippen molar-refractivity contribution in [2.45, 2.75) is 104 Å². The highest BCUT2D eigenvalue weighted by Crippen LogP contribution is 2.10. The van der Waals surface area contributed by atoms with E-state index >= 15 is 0 Å². The maximum atomic E-state index is 11.2. The summed E-state index contributed by atoms with van der Waals surface area (Å²) < 4.78 is 0. The van der Waals surface area contributed by atoms with E-state index in [1.807, 2.05) is 0 Å². The van der Waals surface area contributed by atoms with E-state index in [-0.39, 0.29) is 0 Å². The number of hydrogen-bond acceptors (Lipinski definition) is 1. The fourth-order valence-electron chi connectivity index (χ4n) is 2.82. The molecule has 0 bridgehead atoms. The van der Waals surface area contributed by atoms with Gasteiger partial charge < -0.3 is 10.0 Å². The Morgan fingerprint density at radius 1 is 0.636 bits per heavy atom. The number of unbranched alkanes of at least 4 members (excludes halogenated alkanes) is 12. The summed E-state index contributed by atoms with van der Waals surface area (Å²) in [5.41, 5.74) is 0. The third-order valence-corrected chi connectivity index (χ3v) is 4.33. The van der Waals surface area contributed by atoms with E-state index < -0.39 is 6.09 Å². The zero-order valence-electron chi connectivity index (χ0n) is 15.1. The first-order valence-corrected chi connectivity index (χ1v) is 9.70. The molecule has 0 fully saturated rings. The lowest BCUT2D eigenvalue weighted by Gasteiger charge is -2.19. The molecule has 3 heteroatoms. The van der Waals surface area contributed by atoms with Gasteiger partial charge in [-0.3, -0.25) is 0 Å². The molecule has 0 rings (SSSR count). The highest BCUT2D eigenvalue weighted by atomic mass is 16.4. The molecule has 0 aliphatic carbocycles. The summed E-state index contributed by atoms with van der Waals surface area (Å²) in [7, 11) is 0. The van der Waals surface area contributed by atoms with Gasteiger partial charge in [0.05, 0.1) is 0 Å². The van der Waals surface area contributed by atoms with Crippen molar-refractivity contribution in [3.05, 3.63) is 0 Å². The van der Waals surface area contributed by atoms with Crippen molar-refractivity contribution in [2.24, 2.45) is 0 Å². The van der Waals surface area contributed by atoms with E-state index in [0.717, 1.165) is 25.9 Å². The summed E-state index contributed by atoms with van der Waals surface area (Å²) in [6, 6.07) is 0. The van der Waals surface area contributed by atoms with Crippen LogP contribution in [0.2, 0.25) is 0 Å². The molecule has 0 aromatic heterocycles. The molecule has 0 aromatic rings. The maximum absolute atomic E-state index is 11.2. The SMILES string of the molecule is CCCCCCCCCN(CCCCCCCCC)C(=O)O. The number of carboxylic acid groups (broad SMARTS) is 1. The van der Waals surface area contributed by atoms with E-state index in [9.17, 15) is 9.90 Å².